The SMILES string of the molecule is CN(C)S(=O)(=O)C[C@@H]1COC[C@H]1NC(=O)c1nn(C)c2ccccc12. The summed E-state index contributed by atoms with van der Waals surface area (Å²) < 4.78 is 32.5. The number of fused-ring (bicyclic) bond motifs is 1. The van der Waals surface area contributed by atoms with Crippen LogP contribution in [-0.2, 0) is 21.8 Å². The van der Waals surface area contributed by atoms with Crippen molar-refractivity contribution in [1.29, 1.82) is 0 Å². The highest BCUT2D eigenvalue weighted by molar-refractivity contribution is 7.89. The fourth-order valence-corrected chi connectivity index (χ4v) is 4.13. The van der Waals surface area contributed by atoms with Gasteiger partial charge < -0.3 is 10.1 Å². The first-order valence-corrected chi connectivity index (χ1v) is 9.61. The molecule has 1 amide bonds. The van der Waals surface area contributed by atoms with Crippen molar-refractivity contribution in [2.24, 2.45) is 13.0 Å². The maximum atomic E-state index is 12.7. The van der Waals surface area contributed by atoms with Crippen LogP contribution in [0.3, 0.4) is 0 Å². The number of carbonyl (C=O) groups is 1. The van der Waals surface area contributed by atoms with Crippen LogP contribution in [0.25, 0.3) is 10.9 Å². The number of ether oxygens (including phenoxy) is 1. The van der Waals surface area contributed by atoms with Crippen molar-refractivity contribution in [1.82, 2.24) is 19.4 Å². The Morgan fingerprint density at radius 1 is 1.36 bits per heavy atom. The molecule has 3 rings (SSSR count). The Bertz CT molecular complexity index is 891. The molecule has 1 N–H and O–H groups in total. The highest BCUT2D eigenvalue weighted by atomic mass is 32.2. The van der Waals surface area contributed by atoms with E-state index >= 15 is 0 Å². The fourth-order valence-electron chi connectivity index (χ4n) is 2.96. The molecule has 1 saturated heterocycles. The summed E-state index contributed by atoms with van der Waals surface area (Å²) in [5.74, 6) is -0.667. The topological polar surface area (TPSA) is 93.5 Å². The second kappa shape index (κ2) is 6.74. The molecule has 0 unspecified atom stereocenters. The monoisotopic (exact) mass is 366 g/mol. The molecule has 0 bridgehead atoms. The van der Waals surface area contributed by atoms with Gasteiger partial charge in [0.1, 0.15) is 0 Å². The summed E-state index contributed by atoms with van der Waals surface area (Å²) in [5.41, 5.74) is 1.20. The molecule has 8 nitrogen and oxygen atoms in total. The van der Waals surface area contributed by atoms with Crippen molar-refractivity contribution in [3.63, 3.8) is 0 Å². The van der Waals surface area contributed by atoms with Gasteiger partial charge in [-0.1, -0.05) is 18.2 Å². The highest BCUT2D eigenvalue weighted by Gasteiger charge is 2.34. The lowest BCUT2D eigenvalue weighted by Crippen LogP contribution is -2.43. The summed E-state index contributed by atoms with van der Waals surface area (Å²) in [6.45, 7) is 0.602. The molecule has 0 aliphatic carbocycles. The molecule has 1 fully saturated rings. The molecular weight excluding hydrogens is 344 g/mol. The van der Waals surface area contributed by atoms with E-state index in [4.69, 9.17) is 4.74 Å². The third kappa shape index (κ3) is 3.53. The van der Waals surface area contributed by atoms with E-state index in [-0.39, 0.29) is 23.6 Å². The largest absolute Gasteiger partial charge is 0.379 e. The lowest BCUT2D eigenvalue weighted by Gasteiger charge is -2.20. The number of carbonyl (C=O) groups excluding carboxylic acids is 1. The van der Waals surface area contributed by atoms with E-state index in [1.54, 1.807) is 11.7 Å². The van der Waals surface area contributed by atoms with Gasteiger partial charge in [-0.3, -0.25) is 9.48 Å². The first-order valence-electron chi connectivity index (χ1n) is 8.00. The summed E-state index contributed by atoms with van der Waals surface area (Å²) >= 11 is 0. The number of rotatable bonds is 5. The van der Waals surface area contributed by atoms with Crippen LogP contribution in [0.1, 0.15) is 10.5 Å². The predicted octanol–water partition coefficient (Wildman–Crippen LogP) is 0.210. The van der Waals surface area contributed by atoms with Gasteiger partial charge in [-0.05, 0) is 6.07 Å². The molecule has 1 aromatic heterocycles. The lowest BCUT2D eigenvalue weighted by atomic mass is 10.1. The molecule has 0 spiro atoms. The van der Waals surface area contributed by atoms with Crippen molar-refractivity contribution < 1.29 is 17.9 Å². The molecule has 1 aliphatic rings. The maximum Gasteiger partial charge on any atom is 0.272 e. The zero-order chi connectivity index (χ0) is 18.2. The van der Waals surface area contributed by atoms with Crippen LogP contribution >= 0.6 is 0 Å². The molecule has 2 aromatic rings. The minimum absolute atomic E-state index is 0.0616. The summed E-state index contributed by atoms with van der Waals surface area (Å²) in [7, 11) is 1.42. The Morgan fingerprint density at radius 2 is 2.08 bits per heavy atom. The molecule has 1 aliphatic heterocycles. The van der Waals surface area contributed by atoms with Gasteiger partial charge in [-0.15, -0.1) is 0 Å². The van der Waals surface area contributed by atoms with E-state index in [1.165, 1.54) is 18.4 Å². The molecule has 136 valence electrons. The molecule has 2 atom stereocenters. The van der Waals surface area contributed by atoms with E-state index in [9.17, 15) is 13.2 Å². The van der Waals surface area contributed by atoms with Gasteiger partial charge >= 0.3 is 0 Å². The van der Waals surface area contributed by atoms with Crippen LogP contribution in [0.5, 0.6) is 0 Å². The van der Waals surface area contributed by atoms with Gasteiger partial charge in [0.2, 0.25) is 10.0 Å². The van der Waals surface area contributed by atoms with Gasteiger partial charge in [0.25, 0.3) is 5.91 Å². The molecule has 9 heteroatoms. The molecule has 1 aromatic carbocycles. The number of nitrogens with one attached hydrogen (secondary N) is 1. The zero-order valence-electron chi connectivity index (χ0n) is 14.5. The number of amides is 1. The first kappa shape index (κ1) is 17.8. The Labute approximate surface area is 146 Å². The number of benzene rings is 1. The Kier molecular flexibility index (Phi) is 4.81. The van der Waals surface area contributed by atoms with Gasteiger partial charge in [-0.2, -0.15) is 5.10 Å². The Balaban J connectivity index is 1.78. The van der Waals surface area contributed by atoms with E-state index in [1.807, 2.05) is 24.3 Å². The van der Waals surface area contributed by atoms with Crippen LogP contribution in [-0.4, -0.2) is 67.5 Å². The van der Waals surface area contributed by atoms with E-state index in [2.05, 4.69) is 10.4 Å². The minimum Gasteiger partial charge on any atom is -0.379 e. The number of hydrogen-bond acceptors (Lipinski definition) is 5. The van der Waals surface area contributed by atoms with Crippen LogP contribution < -0.4 is 5.32 Å². The van der Waals surface area contributed by atoms with E-state index < -0.39 is 10.0 Å². The molecule has 25 heavy (non-hydrogen) atoms. The number of aromatic nitrogens is 2. The van der Waals surface area contributed by atoms with Crippen molar-refractivity contribution in [3.05, 3.63) is 30.0 Å². The normalized spacial score (nSPS) is 21.1. The highest BCUT2D eigenvalue weighted by Crippen LogP contribution is 2.20. The van der Waals surface area contributed by atoms with E-state index in [0.717, 1.165) is 10.9 Å². The minimum atomic E-state index is -3.36. The fraction of sp³-hybridized carbons (Fsp3) is 0.500. The summed E-state index contributed by atoms with van der Waals surface area (Å²) in [5, 5.41) is 7.95. The summed E-state index contributed by atoms with van der Waals surface area (Å²) in [6.07, 6.45) is 0. The Morgan fingerprint density at radius 3 is 2.80 bits per heavy atom. The summed E-state index contributed by atoms with van der Waals surface area (Å²) in [6, 6.07) is 7.12. The van der Waals surface area contributed by atoms with Gasteiger partial charge in [0, 0.05) is 32.4 Å². The zero-order valence-corrected chi connectivity index (χ0v) is 15.3. The maximum absolute atomic E-state index is 12.7. The van der Waals surface area contributed by atoms with Crippen molar-refractivity contribution in [2.45, 2.75) is 6.04 Å². The molecule has 2 heterocycles. The van der Waals surface area contributed by atoms with Crippen LogP contribution in [0.4, 0.5) is 0 Å². The summed E-state index contributed by atoms with van der Waals surface area (Å²) in [4.78, 5) is 12.7. The van der Waals surface area contributed by atoms with Crippen LogP contribution in [0.2, 0.25) is 0 Å². The number of nitrogens with zero attached hydrogens (tertiary/aromatic N) is 3. The lowest BCUT2D eigenvalue weighted by molar-refractivity contribution is 0.0922. The smallest absolute Gasteiger partial charge is 0.272 e. The third-order valence-electron chi connectivity index (χ3n) is 4.47. The number of aryl methyl sites for hydroxylation is 1. The quantitative estimate of drug-likeness (QED) is 0.816. The second-order valence-electron chi connectivity index (χ2n) is 6.43. The van der Waals surface area contributed by atoms with Crippen molar-refractivity contribution in [2.75, 3.05) is 33.1 Å². The number of hydrogen-bond donors (Lipinski definition) is 1. The van der Waals surface area contributed by atoms with Crippen LogP contribution in [0.15, 0.2) is 24.3 Å². The Hall–Kier alpha value is -1.97. The first-order chi connectivity index (χ1) is 11.8. The van der Waals surface area contributed by atoms with Crippen LogP contribution in [0, 0.1) is 5.92 Å². The van der Waals surface area contributed by atoms with Gasteiger partial charge in [0.05, 0.1) is 30.5 Å². The average Bonchev–Trinajstić information content (AvgIpc) is 3.12. The van der Waals surface area contributed by atoms with Gasteiger partial charge in [0.15, 0.2) is 5.69 Å². The number of sulfonamides is 1. The van der Waals surface area contributed by atoms with Crippen molar-refractivity contribution >= 4 is 26.8 Å². The standard InChI is InChI=1S/C16H22N4O4S/c1-19(2)25(22,23)10-11-8-24-9-13(11)17-16(21)15-12-6-4-5-7-14(12)20(3)18-15/h4-7,11,13H,8-10H2,1-3H3,(H,17,21)/t11-,13+/m0/s1. The van der Waals surface area contributed by atoms with Gasteiger partial charge in [-0.25, -0.2) is 12.7 Å². The predicted molar refractivity (Wildman–Crippen MR) is 93.8 cm³/mol. The molecular formula is C16H22N4O4S. The average molecular weight is 366 g/mol. The molecule has 0 saturated carbocycles. The van der Waals surface area contributed by atoms with E-state index in [0.29, 0.717) is 18.9 Å². The molecule has 0 radical (unpaired) electrons. The second-order valence-corrected chi connectivity index (χ2v) is 8.66. The van der Waals surface area contributed by atoms with Crippen molar-refractivity contribution in [3.8, 4) is 0 Å². The number of para-hydroxylation sites is 1. The third-order valence-corrected chi connectivity index (χ3v) is 6.43.